The summed E-state index contributed by atoms with van der Waals surface area (Å²) in [6, 6.07) is 4.43. The quantitative estimate of drug-likeness (QED) is 0.722. The Hall–Kier alpha value is -0.890. The molecule has 0 spiro atoms. The van der Waals surface area contributed by atoms with E-state index < -0.39 is 0 Å². The molecule has 2 unspecified atom stereocenters. The van der Waals surface area contributed by atoms with Gasteiger partial charge < -0.3 is 4.72 Å². The van der Waals surface area contributed by atoms with Crippen LogP contribution < -0.4 is 4.72 Å². The molecule has 2 aliphatic rings. The number of rotatable bonds is 3. The van der Waals surface area contributed by atoms with Gasteiger partial charge in [0.1, 0.15) is 0 Å². The number of anilines is 1. The van der Waals surface area contributed by atoms with Gasteiger partial charge in [0.25, 0.3) is 0 Å². The Balaban J connectivity index is 2.11. The van der Waals surface area contributed by atoms with E-state index in [-0.39, 0.29) is 0 Å². The van der Waals surface area contributed by atoms with Crippen molar-refractivity contribution in [2.75, 3.05) is 4.72 Å². The Bertz CT molecular complexity index is 506. The summed E-state index contributed by atoms with van der Waals surface area (Å²) in [4.78, 5) is 0. The summed E-state index contributed by atoms with van der Waals surface area (Å²) in [6.07, 6.45) is 7.81. The summed E-state index contributed by atoms with van der Waals surface area (Å²) >= 11 is 4.30. The van der Waals surface area contributed by atoms with Crippen LogP contribution in [0, 0.1) is 5.92 Å². The first-order valence-electron chi connectivity index (χ1n) is 7.50. The fraction of sp³-hybridized carbons (Fsp3) is 0.529. The van der Waals surface area contributed by atoms with Crippen LogP contribution in [0.3, 0.4) is 0 Å². The van der Waals surface area contributed by atoms with Crippen LogP contribution in [0.5, 0.6) is 0 Å². The van der Waals surface area contributed by atoms with Gasteiger partial charge in [-0.25, -0.2) is 0 Å². The molecule has 19 heavy (non-hydrogen) atoms. The van der Waals surface area contributed by atoms with Gasteiger partial charge in [-0.15, -0.1) is 0 Å². The summed E-state index contributed by atoms with van der Waals surface area (Å²) in [5, 5.41) is 0. The standard InChI is InChI=1S/C17H23NS/c1-3-11(2)13-8-9-16(18-19)17-14-7-5-4-6-12(14)10-15(13)17/h8-9,12,14,18-19H,2-7,10H2,1H3. The molecule has 1 N–H and O–H groups in total. The maximum atomic E-state index is 4.30. The van der Waals surface area contributed by atoms with E-state index in [0.29, 0.717) is 0 Å². The van der Waals surface area contributed by atoms with Crippen molar-refractivity contribution in [3.05, 3.63) is 35.4 Å². The third-order valence-corrected chi connectivity index (χ3v) is 5.27. The monoisotopic (exact) mass is 273 g/mol. The molecule has 0 radical (unpaired) electrons. The lowest BCUT2D eigenvalue weighted by molar-refractivity contribution is 0.331. The second kappa shape index (κ2) is 5.24. The number of benzene rings is 1. The molecule has 0 aliphatic heterocycles. The summed E-state index contributed by atoms with van der Waals surface area (Å²) in [5.41, 5.74) is 7.01. The molecule has 3 rings (SSSR count). The highest BCUT2D eigenvalue weighted by molar-refractivity contribution is 7.81. The topological polar surface area (TPSA) is 12.0 Å². The summed E-state index contributed by atoms with van der Waals surface area (Å²) in [6.45, 7) is 6.45. The van der Waals surface area contributed by atoms with Crippen molar-refractivity contribution in [1.82, 2.24) is 0 Å². The van der Waals surface area contributed by atoms with Gasteiger partial charge in [-0.2, -0.15) is 0 Å². The van der Waals surface area contributed by atoms with Crippen molar-refractivity contribution >= 4 is 24.1 Å². The molecule has 2 heteroatoms. The van der Waals surface area contributed by atoms with Gasteiger partial charge >= 0.3 is 0 Å². The fourth-order valence-electron chi connectivity index (χ4n) is 4.02. The second-order valence-corrected chi connectivity index (χ2v) is 6.20. The average molecular weight is 273 g/mol. The van der Waals surface area contributed by atoms with E-state index >= 15 is 0 Å². The first-order chi connectivity index (χ1) is 9.26. The SMILES string of the molecule is C=C(CC)c1ccc(NS)c2c1CC1CCCCC21. The molecule has 0 aromatic heterocycles. The highest BCUT2D eigenvalue weighted by atomic mass is 32.1. The minimum absolute atomic E-state index is 0.753. The zero-order chi connectivity index (χ0) is 13.4. The van der Waals surface area contributed by atoms with Gasteiger partial charge in [-0.05, 0) is 65.8 Å². The molecule has 1 nitrogen and oxygen atoms in total. The predicted molar refractivity (Wildman–Crippen MR) is 86.8 cm³/mol. The molecule has 1 aromatic carbocycles. The van der Waals surface area contributed by atoms with Crippen LogP contribution in [0.15, 0.2) is 18.7 Å². The lowest BCUT2D eigenvalue weighted by Crippen LogP contribution is -2.13. The molecule has 102 valence electrons. The third kappa shape index (κ3) is 2.10. The van der Waals surface area contributed by atoms with Crippen LogP contribution in [0.2, 0.25) is 0 Å². The van der Waals surface area contributed by atoms with Crippen molar-refractivity contribution in [3.63, 3.8) is 0 Å². The first kappa shape index (κ1) is 13.1. The van der Waals surface area contributed by atoms with Gasteiger partial charge in [-0.1, -0.05) is 45.2 Å². The maximum Gasteiger partial charge on any atom is 0.0476 e. The minimum atomic E-state index is 0.753. The van der Waals surface area contributed by atoms with E-state index in [1.807, 2.05) is 0 Å². The molecule has 1 aromatic rings. The summed E-state index contributed by atoms with van der Waals surface area (Å²) in [5.74, 6) is 1.61. The van der Waals surface area contributed by atoms with Crippen LogP contribution in [-0.4, -0.2) is 0 Å². The van der Waals surface area contributed by atoms with E-state index in [9.17, 15) is 0 Å². The van der Waals surface area contributed by atoms with Gasteiger partial charge in [-0.3, -0.25) is 0 Å². The lowest BCUT2D eigenvalue weighted by atomic mass is 9.79. The smallest absolute Gasteiger partial charge is 0.0476 e. The Morgan fingerprint density at radius 3 is 2.89 bits per heavy atom. The Labute approximate surface area is 122 Å². The number of nitrogens with one attached hydrogen (secondary N) is 1. The van der Waals surface area contributed by atoms with Crippen LogP contribution in [0.4, 0.5) is 5.69 Å². The predicted octanol–water partition coefficient (Wildman–Crippen LogP) is 5.20. The van der Waals surface area contributed by atoms with E-state index in [4.69, 9.17) is 0 Å². The van der Waals surface area contributed by atoms with Crippen LogP contribution in [0.25, 0.3) is 5.57 Å². The average Bonchev–Trinajstić information content (AvgIpc) is 2.85. The Kier molecular flexibility index (Phi) is 3.62. The minimum Gasteiger partial charge on any atom is -0.332 e. The van der Waals surface area contributed by atoms with Crippen molar-refractivity contribution in [2.24, 2.45) is 5.92 Å². The molecule has 2 aliphatic carbocycles. The van der Waals surface area contributed by atoms with Crippen molar-refractivity contribution < 1.29 is 0 Å². The lowest BCUT2D eigenvalue weighted by Gasteiger charge is -2.26. The Morgan fingerprint density at radius 1 is 1.37 bits per heavy atom. The molecular weight excluding hydrogens is 250 g/mol. The molecule has 0 heterocycles. The van der Waals surface area contributed by atoms with Gasteiger partial charge in [0.05, 0.1) is 0 Å². The molecule has 0 bridgehead atoms. The number of hydrogen-bond donors (Lipinski definition) is 2. The number of hydrogen-bond acceptors (Lipinski definition) is 2. The number of thiol groups is 1. The largest absolute Gasteiger partial charge is 0.332 e. The third-order valence-electron chi connectivity index (χ3n) is 5.03. The molecule has 1 saturated carbocycles. The Morgan fingerprint density at radius 2 is 2.16 bits per heavy atom. The molecule has 0 saturated heterocycles. The highest BCUT2D eigenvalue weighted by Crippen LogP contribution is 2.51. The summed E-state index contributed by atoms with van der Waals surface area (Å²) in [7, 11) is 0. The molecule has 1 fully saturated rings. The maximum absolute atomic E-state index is 4.30. The van der Waals surface area contributed by atoms with E-state index in [0.717, 1.165) is 18.3 Å². The van der Waals surface area contributed by atoms with Crippen molar-refractivity contribution in [1.29, 1.82) is 0 Å². The van der Waals surface area contributed by atoms with E-state index in [1.165, 1.54) is 48.9 Å². The van der Waals surface area contributed by atoms with Crippen molar-refractivity contribution in [2.45, 2.75) is 51.4 Å². The zero-order valence-electron chi connectivity index (χ0n) is 11.7. The van der Waals surface area contributed by atoms with Crippen molar-refractivity contribution in [3.8, 4) is 0 Å². The van der Waals surface area contributed by atoms with Gasteiger partial charge in [0, 0.05) is 5.69 Å². The normalized spacial score (nSPS) is 24.7. The van der Waals surface area contributed by atoms with E-state index in [2.05, 4.69) is 43.2 Å². The van der Waals surface area contributed by atoms with Crippen LogP contribution >= 0.6 is 12.8 Å². The summed E-state index contributed by atoms with van der Waals surface area (Å²) < 4.78 is 3.11. The first-order valence-corrected chi connectivity index (χ1v) is 7.95. The van der Waals surface area contributed by atoms with Crippen LogP contribution in [0.1, 0.15) is 61.6 Å². The van der Waals surface area contributed by atoms with E-state index in [1.54, 1.807) is 11.1 Å². The van der Waals surface area contributed by atoms with Gasteiger partial charge in [0.2, 0.25) is 0 Å². The second-order valence-electron chi connectivity index (χ2n) is 5.98. The van der Waals surface area contributed by atoms with Crippen LogP contribution in [-0.2, 0) is 6.42 Å². The molecular formula is C17H23NS. The number of allylic oxidation sites excluding steroid dienone is 1. The van der Waals surface area contributed by atoms with Gasteiger partial charge in [0.15, 0.2) is 0 Å². The fourth-order valence-corrected chi connectivity index (χ4v) is 4.22. The number of fused-ring (bicyclic) bond motifs is 3. The highest BCUT2D eigenvalue weighted by Gasteiger charge is 2.37. The molecule has 2 atom stereocenters. The zero-order valence-corrected chi connectivity index (χ0v) is 12.6. The molecule has 0 amide bonds.